The average Bonchev–Trinajstić information content (AvgIpc) is 2.89. The molecule has 2 heterocycles. The van der Waals surface area contributed by atoms with Crippen molar-refractivity contribution in [3.63, 3.8) is 0 Å². The Hall–Kier alpha value is -1.79. The number of carbonyl (C=O) groups is 2. The van der Waals surface area contributed by atoms with Gasteiger partial charge in [-0.15, -0.1) is 0 Å². The summed E-state index contributed by atoms with van der Waals surface area (Å²) in [4.78, 5) is 24.3. The van der Waals surface area contributed by atoms with E-state index in [-0.39, 0.29) is 18.5 Å². The van der Waals surface area contributed by atoms with Crippen molar-refractivity contribution in [3.8, 4) is 0 Å². The Kier molecular flexibility index (Phi) is 3.97. The lowest BCUT2D eigenvalue weighted by Gasteiger charge is -2.34. The van der Waals surface area contributed by atoms with Gasteiger partial charge in [0.15, 0.2) is 0 Å². The van der Waals surface area contributed by atoms with Crippen LogP contribution in [0, 0.1) is 0 Å². The highest BCUT2D eigenvalue weighted by atomic mass is 35.5. The van der Waals surface area contributed by atoms with Gasteiger partial charge in [0.1, 0.15) is 5.52 Å². The number of hydrogen-bond donors (Lipinski definition) is 1. The zero-order valence-corrected chi connectivity index (χ0v) is 13.4. The first kappa shape index (κ1) is 15.1. The first-order chi connectivity index (χ1) is 10.5. The van der Waals surface area contributed by atoms with Crippen LogP contribution >= 0.6 is 23.2 Å². The van der Waals surface area contributed by atoms with E-state index < -0.39 is 0 Å². The van der Waals surface area contributed by atoms with E-state index in [4.69, 9.17) is 23.2 Å². The molecule has 6 nitrogen and oxygen atoms in total. The normalized spacial score (nSPS) is 17.4. The second-order valence-corrected chi connectivity index (χ2v) is 5.91. The van der Waals surface area contributed by atoms with Crippen LogP contribution in [0.25, 0.3) is 10.9 Å². The van der Waals surface area contributed by atoms with Gasteiger partial charge in [-0.3, -0.25) is 14.3 Å². The fourth-order valence-corrected chi connectivity index (χ4v) is 3.24. The molecule has 116 valence electrons. The van der Waals surface area contributed by atoms with Gasteiger partial charge in [0.2, 0.25) is 12.3 Å². The summed E-state index contributed by atoms with van der Waals surface area (Å²) < 4.78 is 1.87. The molecule has 0 bridgehead atoms. The van der Waals surface area contributed by atoms with Gasteiger partial charge in [-0.05, 0) is 19.1 Å². The van der Waals surface area contributed by atoms with E-state index in [1.807, 2.05) is 17.7 Å². The van der Waals surface area contributed by atoms with Gasteiger partial charge >= 0.3 is 0 Å². The Morgan fingerprint density at radius 3 is 2.95 bits per heavy atom. The molecule has 3 rings (SSSR count). The Morgan fingerprint density at radius 2 is 2.23 bits per heavy atom. The topological polar surface area (TPSA) is 67.2 Å². The number of nitrogens with one attached hydrogen (secondary N) is 1. The van der Waals surface area contributed by atoms with E-state index in [0.29, 0.717) is 35.1 Å². The number of rotatable bonds is 3. The molecule has 1 aromatic carbocycles. The molecular weight excluding hydrogens is 327 g/mol. The molecule has 0 radical (unpaired) electrons. The molecule has 8 heteroatoms. The molecule has 0 saturated carbocycles. The zero-order chi connectivity index (χ0) is 15.9. The fourth-order valence-electron chi connectivity index (χ4n) is 2.88. The van der Waals surface area contributed by atoms with Gasteiger partial charge in [-0.2, -0.15) is 5.10 Å². The minimum absolute atomic E-state index is 0.00745. The van der Waals surface area contributed by atoms with Crippen LogP contribution in [0.2, 0.25) is 10.0 Å². The molecule has 1 aromatic heterocycles. The summed E-state index contributed by atoms with van der Waals surface area (Å²) in [5.74, 6) is -0.125. The number of aromatic nitrogens is 2. The lowest BCUT2D eigenvalue weighted by Crippen LogP contribution is -2.44. The van der Waals surface area contributed by atoms with E-state index in [2.05, 4.69) is 10.4 Å². The maximum absolute atomic E-state index is 12.2. The van der Waals surface area contributed by atoms with Crippen LogP contribution in [-0.2, 0) is 16.1 Å². The number of fused-ring (bicyclic) bond motifs is 3. The predicted octanol–water partition coefficient (Wildman–Crippen LogP) is 1.99. The van der Waals surface area contributed by atoms with E-state index >= 15 is 0 Å². The number of carbonyl (C=O) groups excluding carboxylic acids is 2. The van der Waals surface area contributed by atoms with Crippen molar-refractivity contribution in [1.29, 1.82) is 0 Å². The summed E-state index contributed by atoms with van der Waals surface area (Å²) in [6.45, 7) is 3.04. The second-order valence-electron chi connectivity index (χ2n) is 5.13. The summed E-state index contributed by atoms with van der Waals surface area (Å²) in [5, 5.41) is 8.69. The molecule has 1 atom stereocenters. The Bertz CT molecular complexity index is 759. The average molecular weight is 341 g/mol. The molecule has 2 aromatic rings. The summed E-state index contributed by atoms with van der Waals surface area (Å²) in [6, 6.07) is 3.45. The third-order valence-corrected chi connectivity index (χ3v) is 4.71. The SMILES string of the molecule is CC1c2c3ccc(Cl)c(Cl)c3nn2CCN1C(=O)CNC=O. The van der Waals surface area contributed by atoms with Crippen molar-refractivity contribution < 1.29 is 9.59 Å². The third-order valence-electron chi connectivity index (χ3n) is 3.92. The number of hydrogen-bond acceptors (Lipinski definition) is 3. The van der Waals surface area contributed by atoms with Crippen molar-refractivity contribution in [2.75, 3.05) is 13.1 Å². The minimum Gasteiger partial charge on any atom is -0.350 e. The quantitative estimate of drug-likeness (QED) is 0.869. The number of benzene rings is 1. The van der Waals surface area contributed by atoms with Crippen LogP contribution in [0.15, 0.2) is 12.1 Å². The molecule has 1 N–H and O–H groups in total. The number of amides is 2. The maximum Gasteiger partial charge on any atom is 0.242 e. The first-order valence-corrected chi connectivity index (χ1v) is 7.61. The van der Waals surface area contributed by atoms with Gasteiger partial charge < -0.3 is 10.2 Å². The number of halogens is 2. The molecule has 1 unspecified atom stereocenters. The highest BCUT2D eigenvalue weighted by Gasteiger charge is 2.31. The van der Waals surface area contributed by atoms with E-state index in [0.717, 1.165) is 11.1 Å². The van der Waals surface area contributed by atoms with Crippen LogP contribution in [-0.4, -0.2) is 40.1 Å². The summed E-state index contributed by atoms with van der Waals surface area (Å²) >= 11 is 12.3. The molecule has 0 spiro atoms. The molecule has 22 heavy (non-hydrogen) atoms. The van der Waals surface area contributed by atoms with Crippen molar-refractivity contribution in [3.05, 3.63) is 27.9 Å². The lowest BCUT2D eigenvalue weighted by molar-refractivity contribution is -0.134. The Labute approximate surface area is 137 Å². The smallest absolute Gasteiger partial charge is 0.242 e. The highest BCUT2D eigenvalue weighted by Crippen LogP contribution is 2.36. The zero-order valence-electron chi connectivity index (χ0n) is 11.8. The number of nitrogens with zero attached hydrogens (tertiary/aromatic N) is 3. The molecule has 0 aliphatic carbocycles. The second kappa shape index (κ2) is 5.78. The standard InChI is InChI=1S/C14H14Cl2N4O2/c1-8-14-9-2-3-10(15)12(16)13(9)18-20(14)5-4-19(8)11(22)6-17-7-21/h2-3,7-8H,4-6H2,1H3,(H,17,21). The fraction of sp³-hybridized carbons (Fsp3) is 0.357. The Balaban J connectivity index is 2.02. The molecular formula is C14H14Cl2N4O2. The van der Waals surface area contributed by atoms with E-state index in [9.17, 15) is 9.59 Å². The predicted molar refractivity (Wildman–Crippen MR) is 83.9 cm³/mol. The molecule has 0 saturated heterocycles. The van der Waals surface area contributed by atoms with Gasteiger partial charge in [0, 0.05) is 11.9 Å². The van der Waals surface area contributed by atoms with Gasteiger partial charge in [0.25, 0.3) is 0 Å². The molecule has 0 fully saturated rings. The van der Waals surface area contributed by atoms with Crippen molar-refractivity contribution in [2.24, 2.45) is 0 Å². The highest BCUT2D eigenvalue weighted by molar-refractivity contribution is 6.45. The monoisotopic (exact) mass is 340 g/mol. The maximum atomic E-state index is 12.2. The molecule has 2 amide bonds. The minimum atomic E-state index is -0.156. The van der Waals surface area contributed by atoms with Crippen LogP contribution in [0.4, 0.5) is 0 Å². The van der Waals surface area contributed by atoms with Crippen LogP contribution in [0.5, 0.6) is 0 Å². The van der Waals surface area contributed by atoms with Gasteiger partial charge in [-0.25, -0.2) is 0 Å². The van der Waals surface area contributed by atoms with Crippen molar-refractivity contribution in [2.45, 2.75) is 19.5 Å². The van der Waals surface area contributed by atoms with E-state index in [1.165, 1.54) is 0 Å². The first-order valence-electron chi connectivity index (χ1n) is 6.85. The lowest BCUT2D eigenvalue weighted by atomic mass is 10.1. The summed E-state index contributed by atoms with van der Waals surface area (Å²) in [5.41, 5.74) is 1.58. The van der Waals surface area contributed by atoms with Crippen molar-refractivity contribution in [1.82, 2.24) is 20.0 Å². The van der Waals surface area contributed by atoms with Gasteiger partial charge in [0.05, 0.1) is 34.9 Å². The summed E-state index contributed by atoms with van der Waals surface area (Å²) in [6.07, 6.45) is 0.522. The molecule has 1 aliphatic heterocycles. The third kappa shape index (κ3) is 2.32. The van der Waals surface area contributed by atoms with Crippen LogP contribution in [0.3, 0.4) is 0 Å². The Morgan fingerprint density at radius 1 is 1.45 bits per heavy atom. The molecule has 1 aliphatic rings. The van der Waals surface area contributed by atoms with Gasteiger partial charge in [-0.1, -0.05) is 23.2 Å². The van der Waals surface area contributed by atoms with Crippen molar-refractivity contribution >= 4 is 46.4 Å². The van der Waals surface area contributed by atoms with Crippen LogP contribution in [0.1, 0.15) is 18.7 Å². The van der Waals surface area contributed by atoms with E-state index in [1.54, 1.807) is 11.0 Å². The van der Waals surface area contributed by atoms with Crippen LogP contribution < -0.4 is 5.32 Å². The summed E-state index contributed by atoms with van der Waals surface area (Å²) in [7, 11) is 0. The largest absolute Gasteiger partial charge is 0.350 e.